The van der Waals surface area contributed by atoms with Crippen molar-refractivity contribution >= 4 is 59.3 Å². The number of hydrogen-bond acceptors (Lipinski definition) is 0. The van der Waals surface area contributed by atoms with Crippen molar-refractivity contribution in [1.82, 2.24) is 4.57 Å². The second-order valence-corrected chi connectivity index (χ2v) is 8.01. The lowest BCUT2D eigenvalue weighted by Gasteiger charge is -2.13. The summed E-state index contributed by atoms with van der Waals surface area (Å²) in [7, 11) is 0. The van der Waals surface area contributed by atoms with Gasteiger partial charge in [0.05, 0.1) is 16.7 Å². The third-order valence-corrected chi connectivity index (χ3v) is 6.29. The highest BCUT2D eigenvalue weighted by Crippen LogP contribution is 2.40. The minimum absolute atomic E-state index is 1.14. The van der Waals surface area contributed by atoms with Crippen LogP contribution in [-0.4, -0.2) is 4.57 Å². The predicted molar refractivity (Wildman–Crippen MR) is 123 cm³/mol. The first-order valence-corrected chi connectivity index (χ1v) is 10.2. The van der Waals surface area contributed by atoms with Crippen LogP contribution >= 0.6 is 15.9 Å². The van der Waals surface area contributed by atoms with Crippen LogP contribution < -0.4 is 0 Å². The van der Waals surface area contributed by atoms with Crippen LogP contribution in [0.5, 0.6) is 0 Å². The van der Waals surface area contributed by atoms with E-state index in [1.54, 1.807) is 0 Å². The molecule has 0 aliphatic carbocycles. The maximum atomic E-state index is 3.80. The molecule has 0 fully saturated rings. The van der Waals surface area contributed by atoms with E-state index in [0.717, 1.165) is 4.47 Å². The lowest BCUT2D eigenvalue weighted by molar-refractivity contribution is 1.20. The molecule has 0 spiro atoms. The molecule has 6 rings (SSSR count). The molecule has 1 aromatic heterocycles. The SMILES string of the molecule is Brc1cc2c3ccccc3n(-c3cccc4ccccc34)c2c2ccccc12. The summed E-state index contributed by atoms with van der Waals surface area (Å²) in [6.07, 6.45) is 0. The molecule has 0 N–H and O–H groups in total. The summed E-state index contributed by atoms with van der Waals surface area (Å²) in [6.45, 7) is 0. The van der Waals surface area contributed by atoms with Gasteiger partial charge in [0.2, 0.25) is 0 Å². The van der Waals surface area contributed by atoms with Crippen LogP contribution in [-0.2, 0) is 0 Å². The fraction of sp³-hybridized carbons (Fsp3) is 0. The largest absolute Gasteiger partial charge is 0.308 e. The van der Waals surface area contributed by atoms with Gasteiger partial charge >= 0.3 is 0 Å². The van der Waals surface area contributed by atoms with Gasteiger partial charge < -0.3 is 4.57 Å². The lowest BCUT2D eigenvalue weighted by Crippen LogP contribution is -1.96. The molecule has 28 heavy (non-hydrogen) atoms. The third-order valence-electron chi connectivity index (χ3n) is 5.63. The summed E-state index contributed by atoms with van der Waals surface area (Å²) >= 11 is 3.80. The number of hydrogen-bond donors (Lipinski definition) is 0. The summed E-state index contributed by atoms with van der Waals surface area (Å²) in [5.74, 6) is 0. The average Bonchev–Trinajstić information content (AvgIpc) is 3.08. The molecule has 132 valence electrons. The van der Waals surface area contributed by atoms with E-state index >= 15 is 0 Å². The van der Waals surface area contributed by atoms with E-state index in [0.29, 0.717) is 0 Å². The number of halogens is 1. The Balaban J connectivity index is 1.93. The molecule has 1 heterocycles. The van der Waals surface area contributed by atoms with Gasteiger partial charge in [0.25, 0.3) is 0 Å². The summed E-state index contributed by atoms with van der Waals surface area (Å²) < 4.78 is 3.57. The van der Waals surface area contributed by atoms with Crippen LogP contribution in [0.3, 0.4) is 0 Å². The Bertz CT molecular complexity index is 1520. The molecule has 0 saturated heterocycles. The molecule has 0 radical (unpaired) electrons. The fourth-order valence-electron chi connectivity index (χ4n) is 4.43. The second kappa shape index (κ2) is 5.95. The highest BCUT2D eigenvalue weighted by molar-refractivity contribution is 9.10. The van der Waals surface area contributed by atoms with Crippen molar-refractivity contribution in [1.29, 1.82) is 0 Å². The minimum Gasteiger partial charge on any atom is -0.308 e. The Morgan fingerprint density at radius 1 is 0.536 bits per heavy atom. The van der Waals surface area contributed by atoms with Gasteiger partial charge in [-0.25, -0.2) is 0 Å². The zero-order valence-electron chi connectivity index (χ0n) is 15.1. The molecule has 0 bridgehead atoms. The molecule has 0 saturated carbocycles. The Morgan fingerprint density at radius 3 is 2.04 bits per heavy atom. The van der Waals surface area contributed by atoms with E-state index in [9.17, 15) is 0 Å². The van der Waals surface area contributed by atoms with Gasteiger partial charge in [-0.1, -0.05) is 94.8 Å². The Morgan fingerprint density at radius 2 is 1.18 bits per heavy atom. The zero-order chi connectivity index (χ0) is 18.7. The smallest absolute Gasteiger partial charge is 0.0620 e. The zero-order valence-corrected chi connectivity index (χ0v) is 16.6. The monoisotopic (exact) mass is 421 g/mol. The molecular weight excluding hydrogens is 406 g/mol. The van der Waals surface area contributed by atoms with Gasteiger partial charge in [-0.15, -0.1) is 0 Å². The van der Waals surface area contributed by atoms with Crippen LogP contribution in [0.2, 0.25) is 0 Å². The number of aromatic nitrogens is 1. The first kappa shape index (κ1) is 15.9. The van der Waals surface area contributed by atoms with Crippen molar-refractivity contribution in [2.45, 2.75) is 0 Å². The van der Waals surface area contributed by atoms with Gasteiger partial charge in [-0.2, -0.15) is 0 Å². The topological polar surface area (TPSA) is 4.93 Å². The molecule has 2 heteroatoms. The van der Waals surface area contributed by atoms with Crippen molar-refractivity contribution in [3.05, 3.63) is 102 Å². The van der Waals surface area contributed by atoms with E-state index in [1.807, 2.05) is 0 Å². The molecular formula is C26H16BrN. The van der Waals surface area contributed by atoms with Gasteiger partial charge in [-0.05, 0) is 29.0 Å². The van der Waals surface area contributed by atoms with Gasteiger partial charge in [0.1, 0.15) is 0 Å². The minimum atomic E-state index is 1.14. The standard InChI is InChI=1S/C26H16BrN/c27-23-16-22-20-12-5-6-14-25(20)28(26(22)21-13-4-3-11-19(21)23)24-15-7-9-17-8-1-2-10-18(17)24/h1-16H. The van der Waals surface area contributed by atoms with Gasteiger partial charge in [-0.3, -0.25) is 0 Å². The molecule has 0 atom stereocenters. The van der Waals surface area contributed by atoms with E-state index in [1.165, 1.54) is 49.0 Å². The van der Waals surface area contributed by atoms with E-state index in [2.05, 4.69) is 118 Å². The normalized spacial score (nSPS) is 11.8. The molecule has 0 amide bonds. The van der Waals surface area contributed by atoms with E-state index < -0.39 is 0 Å². The number of benzene rings is 5. The maximum absolute atomic E-state index is 3.80. The molecule has 0 aliphatic rings. The van der Waals surface area contributed by atoms with Crippen molar-refractivity contribution in [3.63, 3.8) is 0 Å². The Kier molecular flexibility index (Phi) is 3.38. The molecule has 0 unspecified atom stereocenters. The van der Waals surface area contributed by atoms with Crippen LogP contribution in [0.4, 0.5) is 0 Å². The summed E-state index contributed by atoms with van der Waals surface area (Å²) in [5, 5.41) is 7.56. The van der Waals surface area contributed by atoms with Gasteiger partial charge in [0.15, 0.2) is 0 Å². The predicted octanol–water partition coefficient (Wildman–Crippen LogP) is 7.85. The fourth-order valence-corrected chi connectivity index (χ4v) is 5.01. The number of para-hydroxylation sites is 1. The van der Waals surface area contributed by atoms with Crippen molar-refractivity contribution in [2.75, 3.05) is 0 Å². The van der Waals surface area contributed by atoms with Crippen LogP contribution in [0, 0.1) is 0 Å². The highest BCUT2D eigenvalue weighted by Gasteiger charge is 2.17. The highest BCUT2D eigenvalue weighted by atomic mass is 79.9. The van der Waals surface area contributed by atoms with Crippen LogP contribution in [0.1, 0.15) is 0 Å². The Hall–Kier alpha value is -3.10. The van der Waals surface area contributed by atoms with Crippen molar-refractivity contribution in [2.24, 2.45) is 0 Å². The summed E-state index contributed by atoms with van der Waals surface area (Å²) in [4.78, 5) is 0. The van der Waals surface area contributed by atoms with Crippen LogP contribution in [0.15, 0.2) is 102 Å². The van der Waals surface area contributed by atoms with Crippen molar-refractivity contribution in [3.8, 4) is 5.69 Å². The molecule has 6 aromatic rings. The number of nitrogens with zero attached hydrogens (tertiary/aromatic N) is 1. The third kappa shape index (κ3) is 2.12. The van der Waals surface area contributed by atoms with E-state index in [-0.39, 0.29) is 0 Å². The quantitative estimate of drug-likeness (QED) is 0.254. The molecule has 0 aliphatic heterocycles. The number of fused-ring (bicyclic) bond motifs is 6. The van der Waals surface area contributed by atoms with Gasteiger partial charge in [0, 0.05) is 26.0 Å². The first-order chi connectivity index (χ1) is 13.8. The summed E-state index contributed by atoms with van der Waals surface area (Å²) in [5.41, 5.74) is 3.71. The van der Waals surface area contributed by atoms with Crippen molar-refractivity contribution < 1.29 is 0 Å². The average molecular weight is 422 g/mol. The molecule has 1 nitrogen and oxygen atoms in total. The second-order valence-electron chi connectivity index (χ2n) is 7.15. The summed E-state index contributed by atoms with van der Waals surface area (Å²) in [6, 6.07) is 34.8. The maximum Gasteiger partial charge on any atom is 0.0620 e. The Labute approximate surface area is 171 Å². The van der Waals surface area contributed by atoms with Crippen LogP contribution in [0.25, 0.3) is 49.0 Å². The molecule has 5 aromatic carbocycles. The number of rotatable bonds is 1. The lowest BCUT2D eigenvalue weighted by atomic mass is 10.1. The first-order valence-electron chi connectivity index (χ1n) is 9.41. The van der Waals surface area contributed by atoms with E-state index in [4.69, 9.17) is 0 Å².